The van der Waals surface area contributed by atoms with Gasteiger partial charge < -0.3 is 9.80 Å². The number of non-ortho nitro benzene ring substituents is 1. The molecule has 50 heavy (non-hydrogen) atoms. The average Bonchev–Trinajstić information content (AvgIpc) is 3.47. The van der Waals surface area contributed by atoms with E-state index in [0.717, 1.165) is 29.9 Å². The maximum Gasteiger partial charge on any atom is 0.0146 e. The molecule has 1 N–H and O–H groups in total. The van der Waals surface area contributed by atoms with Crippen LogP contribution in [0, 0.1) is 58.3 Å². The second-order valence-corrected chi connectivity index (χ2v) is 19.6. The van der Waals surface area contributed by atoms with Crippen molar-refractivity contribution < 1.29 is 18.4 Å². The molecule has 1 saturated heterocycles. The SMILES string of the molecule is CC(C)c1cccc(C(C)C)c1NCc1ccc([N+](=O)[O-])cc1[CH]=[Ru]([Cl])[Cl].Cc1cc(C)c(N2[CH-]N(c3c(C)cc(C)cc3C)CC2)c(C)c1. The normalized spacial score (nSPS) is 13.0. The van der Waals surface area contributed by atoms with Crippen LogP contribution in [-0.4, -0.2) is 22.6 Å². The Hall–Kier alpha value is -3.25. The average molecular weight is 804 g/mol. The Morgan fingerprint density at radius 2 is 1.26 bits per heavy atom. The first kappa shape index (κ1) is 39.5. The quantitative estimate of drug-likeness (QED) is 0.0790. The van der Waals surface area contributed by atoms with Gasteiger partial charge in [-0.1, -0.05) is 35.4 Å². The molecule has 9 heteroatoms. The minimum atomic E-state index is -2.10. The van der Waals surface area contributed by atoms with E-state index < -0.39 is 18.4 Å². The summed E-state index contributed by atoms with van der Waals surface area (Å²) < 4.78 is 1.76. The molecular formula is C41H51Cl2N4O2Ru-. The van der Waals surface area contributed by atoms with Gasteiger partial charge in [0.15, 0.2) is 0 Å². The van der Waals surface area contributed by atoms with E-state index in [4.69, 9.17) is 19.4 Å². The molecular weight excluding hydrogens is 752 g/mol. The smallest absolute Gasteiger partial charge is 0.0146 e. The molecule has 4 aromatic rings. The molecule has 0 aromatic heterocycles. The Balaban J connectivity index is 0.000000227. The molecule has 1 heterocycles. The molecule has 0 radical (unpaired) electrons. The number of nitrogens with zero attached hydrogens (tertiary/aromatic N) is 3. The van der Waals surface area contributed by atoms with E-state index >= 15 is 0 Å². The monoisotopic (exact) mass is 803 g/mol. The van der Waals surface area contributed by atoms with E-state index in [2.05, 4.69) is 133 Å². The van der Waals surface area contributed by atoms with Crippen LogP contribution < -0.4 is 15.1 Å². The van der Waals surface area contributed by atoms with Crippen LogP contribution in [0.5, 0.6) is 0 Å². The number of anilines is 3. The third-order valence-corrected chi connectivity index (χ3v) is 10.9. The number of nitrogens with one attached hydrogen (secondary N) is 1. The summed E-state index contributed by atoms with van der Waals surface area (Å²) in [6.07, 6.45) is 0. The fraction of sp³-hybridized carbons (Fsp3) is 0.366. The predicted octanol–water partition coefficient (Wildman–Crippen LogP) is 11.5. The number of hydrogen-bond acceptors (Lipinski definition) is 5. The van der Waals surface area contributed by atoms with E-state index in [0.29, 0.717) is 18.4 Å². The van der Waals surface area contributed by atoms with Gasteiger partial charge >= 0.3 is 174 Å². The minimum Gasteiger partial charge on any atom is -0.502 e. The summed E-state index contributed by atoms with van der Waals surface area (Å²) in [5, 5.41) is 14.7. The Labute approximate surface area is 312 Å². The largest absolute Gasteiger partial charge is 0.502 e. The van der Waals surface area contributed by atoms with Crippen LogP contribution in [0.25, 0.3) is 0 Å². The standard InChI is InChI=1S/C21H27N2.C20H24N2O2.2ClH.Ru/c1-14-9-16(3)20(17(4)10-14)22-7-8-23(13-22)21-18(5)11-15(2)12-19(21)6;1-13(2)18-7-6-8-19(14(3)4)20(18)21-12-16-9-10-17(22(23)24)11-15(16)5;;;/h9-13H,7-8H2,1-6H3;5-11,13-14,21H,12H2,1-4H3;2*1H;/q-1;;;;+2/p-2. The number of nitro benzene ring substituents is 1. The third kappa shape index (κ3) is 9.75. The Kier molecular flexibility index (Phi) is 13.7. The van der Waals surface area contributed by atoms with Crippen LogP contribution in [0.1, 0.15) is 95.2 Å². The summed E-state index contributed by atoms with van der Waals surface area (Å²) in [4.78, 5) is 15.5. The van der Waals surface area contributed by atoms with Gasteiger partial charge in [-0.3, -0.25) is 0 Å². The van der Waals surface area contributed by atoms with Crippen LogP contribution >= 0.6 is 19.4 Å². The molecule has 0 bridgehead atoms. The van der Waals surface area contributed by atoms with Gasteiger partial charge in [0.1, 0.15) is 0 Å². The van der Waals surface area contributed by atoms with Crippen molar-refractivity contribution in [2.75, 3.05) is 28.2 Å². The number of halogens is 2. The summed E-state index contributed by atoms with van der Waals surface area (Å²) in [6, 6.07) is 20.3. The molecule has 1 aliphatic heterocycles. The van der Waals surface area contributed by atoms with Crippen molar-refractivity contribution in [1.82, 2.24) is 0 Å². The number of aryl methyl sites for hydroxylation is 6. The fourth-order valence-electron chi connectivity index (χ4n) is 7.06. The number of hydrogen-bond donors (Lipinski definition) is 1. The molecule has 1 fully saturated rings. The van der Waals surface area contributed by atoms with Crippen LogP contribution in [0.3, 0.4) is 0 Å². The minimum absolute atomic E-state index is 0.0409. The van der Waals surface area contributed by atoms with Gasteiger partial charge in [-0.05, 0) is 63.8 Å². The van der Waals surface area contributed by atoms with Gasteiger partial charge in [-0.2, -0.15) is 6.67 Å². The van der Waals surface area contributed by atoms with Crippen molar-refractivity contribution in [3.8, 4) is 0 Å². The molecule has 0 saturated carbocycles. The predicted molar refractivity (Wildman–Crippen MR) is 212 cm³/mol. The molecule has 4 aromatic carbocycles. The van der Waals surface area contributed by atoms with Gasteiger partial charge in [0.05, 0.1) is 0 Å². The van der Waals surface area contributed by atoms with Crippen molar-refractivity contribution in [3.05, 3.63) is 133 Å². The van der Waals surface area contributed by atoms with Crippen molar-refractivity contribution in [1.29, 1.82) is 0 Å². The second kappa shape index (κ2) is 17.3. The molecule has 5 rings (SSSR count). The maximum atomic E-state index is 11.1. The summed E-state index contributed by atoms with van der Waals surface area (Å²) in [5.74, 6) is 0.772. The molecule has 0 aliphatic carbocycles. The Morgan fingerprint density at radius 3 is 1.66 bits per heavy atom. The van der Waals surface area contributed by atoms with Crippen molar-refractivity contribution >= 4 is 46.7 Å². The summed E-state index contributed by atoms with van der Waals surface area (Å²) in [6.45, 7) is 26.8. The van der Waals surface area contributed by atoms with Gasteiger partial charge in [-0.15, -0.1) is 0 Å². The first-order chi connectivity index (χ1) is 23.6. The Morgan fingerprint density at radius 1 is 0.800 bits per heavy atom. The maximum absolute atomic E-state index is 11.1. The van der Waals surface area contributed by atoms with E-state index in [9.17, 15) is 10.1 Å². The zero-order chi connectivity index (χ0) is 36.9. The molecule has 1 aliphatic rings. The zero-order valence-electron chi connectivity index (χ0n) is 31.0. The van der Waals surface area contributed by atoms with E-state index in [1.54, 1.807) is 16.7 Å². The van der Waals surface area contributed by atoms with Gasteiger partial charge in [0.25, 0.3) is 0 Å². The van der Waals surface area contributed by atoms with E-state index in [-0.39, 0.29) is 5.69 Å². The van der Waals surface area contributed by atoms with Crippen LogP contribution in [0.2, 0.25) is 0 Å². The van der Waals surface area contributed by atoms with Crippen LogP contribution in [-0.2, 0) is 20.1 Å². The number of benzene rings is 4. The summed E-state index contributed by atoms with van der Waals surface area (Å²) in [7, 11) is 12.1. The fourth-order valence-corrected chi connectivity index (χ4v) is 8.92. The summed E-state index contributed by atoms with van der Waals surface area (Å²) >= 11 is -2.10. The van der Waals surface area contributed by atoms with Crippen molar-refractivity contribution in [2.45, 2.75) is 87.6 Å². The number of para-hydroxylation sites is 1. The van der Waals surface area contributed by atoms with Gasteiger partial charge in [-0.25, -0.2) is 0 Å². The number of rotatable bonds is 9. The number of nitro groups is 1. The molecule has 0 unspecified atom stereocenters. The van der Waals surface area contributed by atoms with E-state index in [1.807, 2.05) is 0 Å². The van der Waals surface area contributed by atoms with E-state index in [1.165, 1.54) is 61.9 Å². The Bertz CT molecular complexity index is 1750. The third-order valence-electron chi connectivity index (χ3n) is 9.06. The van der Waals surface area contributed by atoms with Crippen LogP contribution in [0.4, 0.5) is 22.7 Å². The molecule has 0 spiro atoms. The van der Waals surface area contributed by atoms with Crippen molar-refractivity contribution in [2.24, 2.45) is 0 Å². The van der Waals surface area contributed by atoms with Gasteiger partial charge in [0, 0.05) is 24.5 Å². The molecule has 0 amide bonds. The first-order valence-corrected chi connectivity index (χ1v) is 22.6. The first-order valence-electron chi connectivity index (χ1n) is 17.1. The second-order valence-electron chi connectivity index (χ2n) is 13.9. The zero-order valence-corrected chi connectivity index (χ0v) is 34.2. The summed E-state index contributed by atoms with van der Waals surface area (Å²) in [5.41, 5.74) is 16.2. The van der Waals surface area contributed by atoms with Crippen LogP contribution in [0.15, 0.2) is 60.7 Å². The molecule has 270 valence electrons. The molecule has 6 nitrogen and oxygen atoms in total. The topological polar surface area (TPSA) is 61.7 Å². The molecule has 0 atom stereocenters. The van der Waals surface area contributed by atoms with Crippen molar-refractivity contribution in [3.63, 3.8) is 0 Å². The van der Waals surface area contributed by atoms with Gasteiger partial charge in [0.2, 0.25) is 0 Å².